The van der Waals surface area contributed by atoms with E-state index in [2.05, 4.69) is 10.6 Å². The summed E-state index contributed by atoms with van der Waals surface area (Å²) in [5.41, 5.74) is 6.53. The molecule has 7 nitrogen and oxygen atoms in total. The summed E-state index contributed by atoms with van der Waals surface area (Å²) in [4.78, 5) is 24.4. The molecule has 2 amide bonds. The molecule has 1 aliphatic rings. The predicted octanol–water partition coefficient (Wildman–Crippen LogP) is 2.15. The van der Waals surface area contributed by atoms with Gasteiger partial charge in [-0.25, -0.2) is 0 Å². The smallest absolute Gasteiger partial charge is 0.262 e. The Morgan fingerprint density at radius 3 is 2.44 bits per heavy atom. The minimum absolute atomic E-state index is 0.134. The van der Waals surface area contributed by atoms with Crippen LogP contribution in [0.25, 0.3) is 0 Å². The maximum absolute atomic E-state index is 12.5. The van der Waals surface area contributed by atoms with E-state index in [9.17, 15) is 9.59 Å². The lowest BCUT2D eigenvalue weighted by molar-refractivity contribution is -0.124. The molecule has 142 valence electrons. The van der Waals surface area contributed by atoms with Crippen LogP contribution in [0.15, 0.2) is 54.6 Å². The van der Waals surface area contributed by atoms with Crippen molar-refractivity contribution in [1.29, 1.82) is 0 Å². The normalized spacial score (nSPS) is 15.6. The minimum Gasteiger partial charge on any atom is -0.484 e. The van der Waals surface area contributed by atoms with Crippen LogP contribution in [0, 0.1) is 0 Å². The highest BCUT2D eigenvalue weighted by Gasteiger charge is 2.35. The lowest BCUT2D eigenvalue weighted by Crippen LogP contribution is -2.54. The topological polar surface area (TPSA) is 103 Å². The van der Waals surface area contributed by atoms with Crippen LogP contribution in [0.2, 0.25) is 0 Å². The van der Waals surface area contributed by atoms with Gasteiger partial charge in [0.05, 0.1) is 0 Å². The first-order valence-corrected chi connectivity index (χ1v) is 8.81. The molecule has 0 atom stereocenters. The Morgan fingerprint density at radius 2 is 1.70 bits per heavy atom. The average molecular weight is 369 g/mol. The summed E-state index contributed by atoms with van der Waals surface area (Å²) >= 11 is 0. The van der Waals surface area contributed by atoms with E-state index in [-0.39, 0.29) is 18.4 Å². The molecule has 0 aliphatic carbocycles. The summed E-state index contributed by atoms with van der Waals surface area (Å²) in [5, 5.41) is 5.56. The zero-order valence-electron chi connectivity index (χ0n) is 14.9. The van der Waals surface area contributed by atoms with E-state index in [1.165, 1.54) is 0 Å². The molecule has 0 unspecified atom stereocenters. The molecule has 3 rings (SSSR count). The molecule has 0 aromatic heterocycles. The zero-order chi connectivity index (χ0) is 19.1. The standard InChI is InChI=1S/C20H23N3O4/c21-20(9-11-26-12-10-20)19(25)23-16-7-4-8-17(13-16)27-14-18(24)22-15-5-2-1-3-6-15/h1-8,13H,9-12,14,21H2,(H,22,24)(H,23,25). The number of rotatable bonds is 6. The summed E-state index contributed by atoms with van der Waals surface area (Å²) < 4.78 is 10.8. The van der Waals surface area contributed by atoms with Gasteiger partial charge < -0.3 is 25.8 Å². The van der Waals surface area contributed by atoms with Gasteiger partial charge in [-0.3, -0.25) is 9.59 Å². The number of nitrogens with one attached hydrogen (secondary N) is 2. The molecule has 1 fully saturated rings. The van der Waals surface area contributed by atoms with Gasteiger partial charge in [-0.15, -0.1) is 0 Å². The predicted molar refractivity (Wildman–Crippen MR) is 103 cm³/mol. The molecule has 4 N–H and O–H groups in total. The Balaban J connectivity index is 1.54. The van der Waals surface area contributed by atoms with Crippen molar-refractivity contribution in [3.05, 3.63) is 54.6 Å². The van der Waals surface area contributed by atoms with Gasteiger partial charge in [-0.05, 0) is 37.1 Å². The number of anilines is 2. The van der Waals surface area contributed by atoms with Crippen molar-refractivity contribution in [3.63, 3.8) is 0 Å². The van der Waals surface area contributed by atoms with Crippen LogP contribution in [0.1, 0.15) is 12.8 Å². The van der Waals surface area contributed by atoms with E-state index in [1.807, 2.05) is 18.2 Å². The van der Waals surface area contributed by atoms with E-state index in [0.29, 0.717) is 43.2 Å². The average Bonchev–Trinajstić information content (AvgIpc) is 2.68. The molecule has 0 bridgehead atoms. The third-order valence-corrected chi connectivity index (χ3v) is 4.36. The number of benzene rings is 2. The molecule has 2 aromatic carbocycles. The highest BCUT2D eigenvalue weighted by atomic mass is 16.5. The van der Waals surface area contributed by atoms with Crippen LogP contribution < -0.4 is 21.1 Å². The first kappa shape index (κ1) is 18.9. The number of hydrogen-bond donors (Lipinski definition) is 3. The number of para-hydroxylation sites is 1. The molecule has 0 radical (unpaired) electrons. The second-order valence-corrected chi connectivity index (χ2v) is 6.45. The van der Waals surface area contributed by atoms with Gasteiger partial charge in [-0.2, -0.15) is 0 Å². The van der Waals surface area contributed by atoms with Crippen molar-refractivity contribution < 1.29 is 19.1 Å². The highest BCUT2D eigenvalue weighted by molar-refractivity contribution is 5.98. The van der Waals surface area contributed by atoms with Gasteiger partial charge in [0, 0.05) is 30.7 Å². The van der Waals surface area contributed by atoms with Crippen molar-refractivity contribution in [1.82, 2.24) is 0 Å². The van der Waals surface area contributed by atoms with Crippen LogP contribution in [-0.4, -0.2) is 37.2 Å². The summed E-state index contributed by atoms with van der Waals surface area (Å²) in [6.45, 7) is 0.817. The van der Waals surface area contributed by atoms with Crippen molar-refractivity contribution >= 4 is 23.2 Å². The first-order valence-electron chi connectivity index (χ1n) is 8.81. The Kier molecular flexibility index (Phi) is 6.05. The van der Waals surface area contributed by atoms with E-state index in [4.69, 9.17) is 15.2 Å². The minimum atomic E-state index is -0.926. The fourth-order valence-electron chi connectivity index (χ4n) is 2.75. The number of carbonyl (C=O) groups is 2. The molecule has 0 saturated carbocycles. The molecular weight excluding hydrogens is 346 g/mol. The number of hydrogen-bond acceptors (Lipinski definition) is 5. The summed E-state index contributed by atoms with van der Waals surface area (Å²) in [6.07, 6.45) is 0.962. The van der Waals surface area contributed by atoms with Crippen molar-refractivity contribution in [2.45, 2.75) is 18.4 Å². The quantitative estimate of drug-likeness (QED) is 0.724. The number of ether oxygens (including phenoxy) is 2. The van der Waals surface area contributed by atoms with Crippen LogP contribution in [0.3, 0.4) is 0 Å². The summed E-state index contributed by atoms with van der Waals surface area (Å²) in [5.74, 6) is -0.0300. The number of nitrogens with two attached hydrogens (primary N) is 1. The summed E-state index contributed by atoms with van der Waals surface area (Å²) in [6, 6.07) is 16.0. The monoisotopic (exact) mass is 369 g/mol. The maximum Gasteiger partial charge on any atom is 0.262 e. The van der Waals surface area contributed by atoms with Crippen molar-refractivity contribution in [2.75, 3.05) is 30.5 Å². The summed E-state index contributed by atoms with van der Waals surface area (Å²) in [7, 11) is 0. The molecule has 0 spiro atoms. The van der Waals surface area contributed by atoms with E-state index in [0.717, 1.165) is 0 Å². The maximum atomic E-state index is 12.5. The molecule has 1 heterocycles. The molecule has 27 heavy (non-hydrogen) atoms. The van der Waals surface area contributed by atoms with Gasteiger partial charge in [0.2, 0.25) is 5.91 Å². The number of amides is 2. The molecule has 2 aromatic rings. The van der Waals surface area contributed by atoms with E-state index in [1.54, 1.807) is 36.4 Å². The molecular formula is C20H23N3O4. The Morgan fingerprint density at radius 1 is 1.00 bits per heavy atom. The molecule has 7 heteroatoms. The fourth-order valence-corrected chi connectivity index (χ4v) is 2.75. The van der Waals surface area contributed by atoms with Crippen LogP contribution in [0.4, 0.5) is 11.4 Å². The highest BCUT2D eigenvalue weighted by Crippen LogP contribution is 2.22. The van der Waals surface area contributed by atoms with Crippen LogP contribution >= 0.6 is 0 Å². The largest absolute Gasteiger partial charge is 0.484 e. The fraction of sp³-hybridized carbons (Fsp3) is 0.300. The molecule has 1 aliphatic heterocycles. The Hall–Kier alpha value is -2.90. The number of carbonyl (C=O) groups excluding carboxylic acids is 2. The SMILES string of the molecule is NC1(C(=O)Nc2cccc(OCC(=O)Nc3ccccc3)c2)CCOCC1. The van der Waals surface area contributed by atoms with Crippen molar-refractivity contribution in [3.8, 4) is 5.75 Å². The Bertz CT molecular complexity index is 789. The second-order valence-electron chi connectivity index (χ2n) is 6.45. The van der Waals surface area contributed by atoms with Crippen LogP contribution in [0.5, 0.6) is 5.75 Å². The third-order valence-electron chi connectivity index (χ3n) is 4.36. The van der Waals surface area contributed by atoms with Gasteiger partial charge in [-0.1, -0.05) is 24.3 Å². The van der Waals surface area contributed by atoms with Gasteiger partial charge in [0.1, 0.15) is 11.3 Å². The van der Waals surface area contributed by atoms with Crippen LogP contribution in [-0.2, 0) is 14.3 Å². The molecule has 1 saturated heterocycles. The third kappa shape index (κ3) is 5.29. The van der Waals surface area contributed by atoms with E-state index < -0.39 is 5.54 Å². The second kappa shape index (κ2) is 8.66. The zero-order valence-corrected chi connectivity index (χ0v) is 14.9. The van der Waals surface area contributed by atoms with E-state index >= 15 is 0 Å². The first-order chi connectivity index (χ1) is 13.0. The lowest BCUT2D eigenvalue weighted by Gasteiger charge is -2.31. The van der Waals surface area contributed by atoms with Gasteiger partial charge in [0.25, 0.3) is 5.91 Å². The van der Waals surface area contributed by atoms with Crippen molar-refractivity contribution in [2.24, 2.45) is 5.73 Å². The Labute approximate surface area is 157 Å². The van der Waals surface area contributed by atoms with Gasteiger partial charge >= 0.3 is 0 Å². The lowest BCUT2D eigenvalue weighted by atomic mass is 9.90. The van der Waals surface area contributed by atoms with Gasteiger partial charge in [0.15, 0.2) is 6.61 Å².